The maximum atomic E-state index is 5.50. The Bertz CT molecular complexity index is 173. The Labute approximate surface area is 101 Å². The summed E-state index contributed by atoms with van der Waals surface area (Å²) in [6.07, 6.45) is 6.59. The fourth-order valence-electron chi connectivity index (χ4n) is 2.55. The maximum Gasteiger partial charge on any atom is 0.000709 e. The van der Waals surface area contributed by atoms with E-state index in [9.17, 15) is 0 Å². The highest BCUT2D eigenvalue weighted by molar-refractivity contribution is 4.71. The van der Waals surface area contributed by atoms with Gasteiger partial charge in [-0.2, -0.15) is 0 Å². The average Bonchev–Trinajstić information content (AvgIpc) is 2.27. The Balaban J connectivity index is 2.04. The van der Waals surface area contributed by atoms with Crippen LogP contribution in [-0.2, 0) is 0 Å². The van der Waals surface area contributed by atoms with Crippen LogP contribution < -0.4 is 5.73 Å². The minimum absolute atomic E-state index is 0.835. The van der Waals surface area contributed by atoms with Gasteiger partial charge >= 0.3 is 0 Å². The summed E-state index contributed by atoms with van der Waals surface area (Å²) < 4.78 is 0. The summed E-state index contributed by atoms with van der Waals surface area (Å²) in [5, 5.41) is 0. The van der Waals surface area contributed by atoms with E-state index in [2.05, 4.69) is 23.9 Å². The molecule has 0 saturated carbocycles. The number of hydrogen-bond acceptors (Lipinski definition) is 3. The van der Waals surface area contributed by atoms with Crippen molar-refractivity contribution in [1.29, 1.82) is 0 Å². The number of nitrogens with two attached hydrogens (primary N) is 1. The summed E-state index contributed by atoms with van der Waals surface area (Å²) in [4.78, 5) is 4.94. The molecular formula is C13H29N3. The minimum Gasteiger partial charge on any atom is -0.330 e. The first-order chi connectivity index (χ1) is 7.72. The van der Waals surface area contributed by atoms with Gasteiger partial charge in [0.15, 0.2) is 0 Å². The molecular weight excluding hydrogens is 198 g/mol. The van der Waals surface area contributed by atoms with Gasteiger partial charge in [0.25, 0.3) is 0 Å². The first kappa shape index (κ1) is 13.9. The van der Waals surface area contributed by atoms with Crippen molar-refractivity contribution >= 4 is 0 Å². The van der Waals surface area contributed by atoms with E-state index >= 15 is 0 Å². The second kappa shape index (κ2) is 8.04. The third-order valence-corrected chi connectivity index (χ3v) is 3.64. The van der Waals surface area contributed by atoms with Gasteiger partial charge in [0.2, 0.25) is 0 Å². The van der Waals surface area contributed by atoms with Crippen LogP contribution in [0.5, 0.6) is 0 Å². The fraction of sp³-hybridized carbons (Fsp3) is 1.00. The van der Waals surface area contributed by atoms with Gasteiger partial charge in [0.05, 0.1) is 0 Å². The molecule has 1 atom stereocenters. The molecule has 0 aromatic carbocycles. The standard InChI is InChI=1S/C13H29N3/c1-15(9-4-3-8-14)11-7-13-6-5-10-16(2)12-13/h13H,3-12,14H2,1-2H3. The van der Waals surface area contributed by atoms with E-state index in [4.69, 9.17) is 5.73 Å². The molecule has 16 heavy (non-hydrogen) atoms. The zero-order valence-corrected chi connectivity index (χ0v) is 11.1. The minimum atomic E-state index is 0.835. The van der Waals surface area contributed by atoms with E-state index in [0.29, 0.717) is 0 Å². The van der Waals surface area contributed by atoms with Gasteiger partial charge < -0.3 is 15.5 Å². The van der Waals surface area contributed by atoms with Crippen LogP contribution in [0.25, 0.3) is 0 Å². The van der Waals surface area contributed by atoms with Crippen LogP contribution in [0.2, 0.25) is 0 Å². The lowest BCUT2D eigenvalue weighted by Gasteiger charge is -2.30. The van der Waals surface area contributed by atoms with Crippen molar-refractivity contribution in [1.82, 2.24) is 9.80 Å². The number of piperidine rings is 1. The highest BCUT2D eigenvalue weighted by Crippen LogP contribution is 2.18. The molecule has 1 unspecified atom stereocenters. The summed E-state index contributed by atoms with van der Waals surface area (Å²) >= 11 is 0. The smallest absolute Gasteiger partial charge is 0.000709 e. The molecule has 0 amide bonds. The van der Waals surface area contributed by atoms with Crippen LogP contribution in [0.1, 0.15) is 32.1 Å². The van der Waals surface area contributed by atoms with Crippen molar-refractivity contribution in [2.24, 2.45) is 11.7 Å². The topological polar surface area (TPSA) is 32.5 Å². The van der Waals surface area contributed by atoms with E-state index < -0.39 is 0 Å². The van der Waals surface area contributed by atoms with Crippen LogP contribution in [0.3, 0.4) is 0 Å². The molecule has 1 saturated heterocycles. The molecule has 1 fully saturated rings. The predicted molar refractivity (Wildman–Crippen MR) is 70.6 cm³/mol. The molecule has 96 valence electrons. The Hall–Kier alpha value is -0.120. The molecule has 1 heterocycles. The average molecular weight is 227 g/mol. The van der Waals surface area contributed by atoms with E-state index in [1.807, 2.05) is 0 Å². The molecule has 0 aromatic heterocycles. The second-order valence-electron chi connectivity index (χ2n) is 5.36. The molecule has 0 radical (unpaired) electrons. The zero-order valence-electron chi connectivity index (χ0n) is 11.1. The zero-order chi connectivity index (χ0) is 11.8. The van der Waals surface area contributed by atoms with Crippen LogP contribution in [0.4, 0.5) is 0 Å². The molecule has 1 aliphatic rings. The van der Waals surface area contributed by atoms with Crippen molar-refractivity contribution in [3.05, 3.63) is 0 Å². The van der Waals surface area contributed by atoms with Crippen molar-refractivity contribution in [2.75, 3.05) is 46.8 Å². The number of unbranched alkanes of at least 4 members (excludes halogenated alkanes) is 1. The number of nitrogens with zero attached hydrogens (tertiary/aromatic N) is 2. The van der Waals surface area contributed by atoms with Crippen LogP contribution in [0.15, 0.2) is 0 Å². The second-order valence-corrected chi connectivity index (χ2v) is 5.36. The molecule has 0 spiro atoms. The maximum absolute atomic E-state index is 5.50. The quantitative estimate of drug-likeness (QED) is 0.667. The number of rotatable bonds is 7. The van der Waals surface area contributed by atoms with Crippen molar-refractivity contribution < 1.29 is 0 Å². The highest BCUT2D eigenvalue weighted by Gasteiger charge is 2.16. The summed E-state index contributed by atoms with van der Waals surface area (Å²) in [6, 6.07) is 0. The highest BCUT2D eigenvalue weighted by atomic mass is 15.1. The Morgan fingerprint density at radius 2 is 2.12 bits per heavy atom. The molecule has 0 aromatic rings. The molecule has 0 aliphatic carbocycles. The van der Waals surface area contributed by atoms with Gasteiger partial charge in [-0.25, -0.2) is 0 Å². The number of likely N-dealkylation sites (tertiary alicyclic amines) is 1. The lowest BCUT2D eigenvalue weighted by Crippen LogP contribution is -2.34. The summed E-state index contributed by atoms with van der Waals surface area (Å²) in [5.41, 5.74) is 5.50. The molecule has 1 aliphatic heterocycles. The van der Waals surface area contributed by atoms with E-state index in [-0.39, 0.29) is 0 Å². The third-order valence-electron chi connectivity index (χ3n) is 3.64. The van der Waals surface area contributed by atoms with Gasteiger partial charge in [0.1, 0.15) is 0 Å². The largest absolute Gasteiger partial charge is 0.330 e. The van der Waals surface area contributed by atoms with Gasteiger partial charge in [-0.05, 0) is 78.3 Å². The van der Waals surface area contributed by atoms with E-state index in [0.717, 1.165) is 18.9 Å². The van der Waals surface area contributed by atoms with Crippen molar-refractivity contribution in [3.8, 4) is 0 Å². The van der Waals surface area contributed by atoms with Gasteiger partial charge in [-0.15, -0.1) is 0 Å². The fourth-order valence-corrected chi connectivity index (χ4v) is 2.55. The molecule has 0 bridgehead atoms. The Morgan fingerprint density at radius 3 is 2.81 bits per heavy atom. The predicted octanol–water partition coefficient (Wildman–Crippen LogP) is 1.39. The lowest BCUT2D eigenvalue weighted by molar-refractivity contribution is 0.185. The number of hydrogen-bond donors (Lipinski definition) is 1. The third kappa shape index (κ3) is 5.83. The van der Waals surface area contributed by atoms with Gasteiger partial charge in [-0.3, -0.25) is 0 Å². The molecule has 3 heteroatoms. The normalized spacial score (nSPS) is 22.9. The van der Waals surface area contributed by atoms with E-state index in [1.165, 1.54) is 51.9 Å². The van der Waals surface area contributed by atoms with Crippen molar-refractivity contribution in [3.63, 3.8) is 0 Å². The summed E-state index contributed by atoms with van der Waals surface area (Å²) in [5.74, 6) is 0.927. The van der Waals surface area contributed by atoms with E-state index in [1.54, 1.807) is 0 Å². The molecule has 1 rings (SSSR count). The van der Waals surface area contributed by atoms with Crippen molar-refractivity contribution in [2.45, 2.75) is 32.1 Å². The lowest BCUT2D eigenvalue weighted by atomic mass is 9.95. The first-order valence-corrected chi connectivity index (χ1v) is 6.79. The SMILES string of the molecule is CN(CCCCN)CCC1CCCN(C)C1. The van der Waals surface area contributed by atoms with Gasteiger partial charge in [0, 0.05) is 6.54 Å². The first-order valence-electron chi connectivity index (χ1n) is 6.79. The Morgan fingerprint density at radius 1 is 1.31 bits per heavy atom. The monoisotopic (exact) mass is 227 g/mol. The van der Waals surface area contributed by atoms with Gasteiger partial charge in [-0.1, -0.05) is 0 Å². The Kier molecular flexibility index (Phi) is 7.01. The molecule has 3 nitrogen and oxygen atoms in total. The molecule has 2 N–H and O–H groups in total. The van der Waals surface area contributed by atoms with Crippen LogP contribution in [-0.4, -0.2) is 56.6 Å². The summed E-state index contributed by atoms with van der Waals surface area (Å²) in [6.45, 7) is 5.89. The van der Waals surface area contributed by atoms with Crippen LogP contribution >= 0.6 is 0 Å². The van der Waals surface area contributed by atoms with Crippen LogP contribution in [0, 0.1) is 5.92 Å². The summed E-state index contributed by atoms with van der Waals surface area (Å²) in [7, 11) is 4.49.